The molecule has 27 heavy (non-hydrogen) atoms. The largest absolute Gasteiger partial charge is 0.478 e. The first-order chi connectivity index (χ1) is 12.6. The fourth-order valence-electron chi connectivity index (χ4n) is 2.30. The molecule has 2 aromatic rings. The van der Waals surface area contributed by atoms with E-state index < -0.39 is 33.8 Å². The van der Waals surface area contributed by atoms with E-state index in [-0.39, 0.29) is 22.6 Å². The lowest BCUT2D eigenvalue weighted by Crippen LogP contribution is -2.43. The first kappa shape index (κ1) is 20.5. The third-order valence-electron chi connectivity index (χ3n) is 3.89. The molecule has 7 nitrogen and oxygen atoms in total. The highest BCUT2D eigenvalue weighted by Gasteiger charge is 2.25. The van der Waals surface area contributed by atoms with Gasteiger partial charge in [-0.2, -0.15) is 4.72 Å². The van der Waals surface area contributed by atoms with E-state index in [2.05, 4.69) is 10.0 Å². The van der Waals surface area contributed by atoms with Crippen molar-refractivity contribution in [2.75, 3.05) is 5.32 Å². The van der Waals surface area contributed by atoms with Crippen molar-refractivity contribution in [3.05, 3.63) is 59.4 Å². The van der Waals surface area contributed by atoms with Gasteiger partial charge in [0.05, 0.1) is 10.5 Å². The van der Waals surface area contributed by atoms with Crippen molar-refractivity contribution in [3.63, 3.8) is 0 Å². The van der Waals surface area contributed by atoms with E-state index in [1.165, 1.54) is 12.1 Å². The highest BCUT2D eigenvalue weighted by molar-refractivity contribution is 7.89. The number of hydrogen-bond acceptors (Lipinski definition) is 4. The monoisotopic (exact) mass is 394 g/mol. The van der Waals surface area contributed by atoms with Gasteiger partial charge in [-0.15, -0.1) is 0 Å². The number of rotatable bonds is 7. The molecule has 0 saturated heterocycles. The molecule has 0 aliphatic rings. The van der Waals surface area contributed by atoms with E-state index in [1.807, 2.05) is 0 Å². The molecule has 1 unspecified atom stereocenters. The minimum Gasteiger partial charge on any atom is -0.478 e. The van der Waals surface area contributed by atoms with Crippen molar-refractivity contribution in [1.82, 2.24) is 4.72 Å². The Balaban J connectivity index is 2.20. The number of carbonyl (C=O) groups excluding carboxylic acids is 1. The molecule has 0 fully saturated rings. The second-order valence-corrected chi connectivity index (χ2v) is 7.57. The molecule has 0 heterocycles. The van der Waals surface area contributed by atoms with Crippen LogP contribution in [-0.2, 0) is 14.8 Å². The van der Waals surface area contributed by atoms with Crippen LogP contribution < -0.4 is 10.0 Å². The molecule has 144 valence electrons. The van der Waals surface area contributed by atoms with Crippen LogP contribution in [0.25, 0.3) is 0 Å². The molecule has 1 atom stereocenters. The van der Waals surface area contributed by atoms with Gasteiger partial charge < -0.3 is 10.4 Å². The molecule has 9 heteroatoms. The van der Waals surface area contributed by atoms with E-state index in [9.17, 15) is 22.4 Å². The standard InChI is InChI=1S/C18H19FN2O5S/c1-3-15(21-27(25,26)14-8-6-13(19)7-9-14)17(22)20-16-10-12(18(23)24)5-4-11(16)2/h4-10,15,21H,3H2,1-2H3,(H,20,22)(H,23,24). The number of sulfonamides is 1. The average molecular weight is 394 g/mol. The molecule has 0 spiro atoms. The Labute approximate surface area is 156 Å². The smallest absolute Gasteiger partial charge is 0.335 e. The topological polar surface area (TPSA) is 113 Å². The van der Waals surface area contributed by atoms with Crippen LogP contribution in [0.4, 0.5) is 10.1 Å². The zero-order valence-corrected chi connectivity index (χ0v) is 15.5. The SMILES string of the molecule is CCC(NS(=O)(=O)c1ccc(F)cc1)C(=O)Nc1cc(C(=O)O)ccc1C. The number of anilines is 1. The second kappa shape index (κ2) is 8.28. The highest BCUT2D eigenvalue weighted by Crippen LogP contribution is 2.18. The quantitative estimate of drug-likeness (QED) is 0.668. The van der Waals surface area contributed by atoms with Crippen molar-refractivity contribution < 1.29 is 27.5 Å². The Morgan fingerprint density at radius 3 is 2.33 bits per heavy atom. The maximum absolute atomic E-state index is 13.0. The van der Waals surface area contributed by atoms with Crippen LogP contribution in [0.3, 0.4) is 0 Å². The lowest BCUT2D eigenvalue weighted by Gasteiger charge is -2.18. The van der Waals surface area contributed by atoms with E-state index in [4.69, 9.17) is 5.11 Å². The van der Waals surface area contributed by atoms with Gasteiger partial charge in [-0.05, 0) is 55.3 Å². The van der Waals surface area contributed by atoms with Gasteiger partial charge in [0.25, 0.3) is 0 Å². The number of benzene rings is 2. The van der Waals surface area contributed by atoms with Gasteiger partial charge in [0, 0.05) is 5.69 Å². The maximum Gasteiger partial charge on any atom is 0.335 e. The van der Waals surface area contributed by atoms with Crippen molar-refractivity contribution in [2.45, 2.75) is 31.2 Å². The van der Waals surface area contributed by atoms with Crippen molar-refractivity contribution in [3.8, 4) is 0 Å². The minimum absolute atomic E-state index is 0.00385. The summed E-state index contributed by atoms with van der Waals surface area (Å²) in [5, 5.41) is 11.6. The minimum atomic E-state index is -4.03. The van der Waals surface area contributed by atoms with E-state index in [0.717, 1.165) is 24.3 Å². The van der Waals surface area contributed by atoms with Crippen molar-refractivity contribution >= 4 is 27.6 Å². The molecule has 0 aliphatic heterocycles. The number of amides is 1. The summed E-state index contributed by atoms with van der Waals surface area (Å²) in [5.41, 5.74) is 0.903. The van der Waals surface area contributed by atoms with Gasteiger partial charge in [-0.25, -0.2) is 17.6 Å². The number of nitrogens with one attached hydrogen (secondary N) is 2. The van der Waals surface area contributed by atoms with Gasteiger partial charge in [-0.1, -0.05) is 13.0 Å². The summed E-state index contributed by atoms with van der Waals surface area (Å²) in [4.78, 5) is 23.4. The highest BCUT2D eigenvalue weighted by atomic mass is 32.2. The fourth-order valence-corrected chi connectivity index (χ4v) is 3.58. The summed E-state index contributed by atoms with van der Waals surface area (Å²) in [5.74, 6) is -2.35. The molecule has 0 saturated carbocycles. The molecular formula is C18H19FN2O5S. The van der Waals surface area contributed by atoms with Gasteiger partial charge in [0.2, 0.25) is 15.9 Å². The number of hydrogen-bond donors (Lipinski definition) is 3. The summed E-state index contributed by atoms with van der Waals surface area (Å²) in [6, 6.07) is 7.38. The third kappa shape index (κ3) is 5.11. The van der Waals surface area contributed by atoms with Crippen LogP contribution in [0.1, 0.15) is 29.3 Å². The van der Waals surface area contributed by atoms with Gasteiger partial charge in [0.1, 0.15) is 11.9 Å². The average Bonchev–Trinajstić information content (AvgIpc) is 2.61. The van der Waals surface area contributed by atoms with Gasteiger partial charge in [0.15, 0.2) is 0 Å². The third-order valence-corrected chi connectivity index (χ3v) is 5.38. The molecule has 0 radical (unpaired) electrons. The molecule has 0 aliphatic carbocycles. The molecule has 2 rings (SSSR count). The number of aromatic carboxylic acids is 1. The molecule has 3 N–H and O–H groups in total. The zero-order chi connectivity index (χ0) is 20.2. The molecular weight excluding hydrogens is 375 g/mol. The van der Waals surface area contributed by atoms with Gasteiger partial charge in [-0.3, -0.25) is 4.79 Å². The van der Waals surface area contributed by atoms with Crippen LogP contribution in [0, 0.1) is 12.7 Å². The zero-order valence-electron chi connectivity index (χ0n) is 14.7. The van der Waals surface area contributed by atoms with Crippen LogP contribution in [-0.4, -0.2) is 31.4 Å². The number of carboxylic acids is 1. The number of aryl methyl sites for hydroxylation is 1. The van der Waals surface area contributed by atoms with Gasteiger partial charge >= 0.3 is 5.97 Å². The van der Waals surface area contributed by atoms with E-state index in [0.29, 0.717) is 5.56 Å². The first-order valence-electron chi connectivity index (χ1n) is 8.06. The molecule has 0 aromatic heterocycles. The number of carbonyl (C=O) groups is 2. The van der Waals surface area contributed by atoms with Crippen LogP contribution in [0.2, 0.25) is 0 Å². The van der Waals surface area contributed by atoms with Crippen LogP contribution >= 0.6 is 0 Å². The predicted octanol–water partition coefficient (Wildman–Crippen LogP) is 2.53. The first-order valence-corrected chi connectivity index (χ1v) is 9.55. The Bertz CT molecular complexity index is 958. The number of carboxylic acid groups (broad SMARTS) is 1. The van der Waals surface area contributed by atoms with Crippen molar-refractivity contribution in [1.29, 1.82) is 0 Å². The normalized spacial score (nSPS) is 12.4. The number of halogens is 1. The summed E-state index contributed by atoms with van der Waals surface area (Å²) < 4.78 is 40.0. The van der Waals surface area contributed by atoms with Crippen molar-refractivity contribution in [2.24, 2.45) is 0 Å². The Morgan fingerprint density at radius 2 is 1.78 bits per heavy atom. The van der Waals surface area contributed by atoms with Crippen LogP contribution in [0.15, 0.2) is 47.4 Å². The van der Waals surface area contributed by atoms with Crippen LogP contribution in [0.5, 0.6) is 0 Å². The summed E-state index contributed by atoms with van der Waals surface area (Å²) in [7, 11) is -4.03. The molecule has 0 bridgehead atoms. The second-order valence-electron chi connectivity index (χ2n) is 5.86. The lowest BCUT2D eigenvalue weighted by molar-refractivity contribution is -0.117. The van der Waals surface area contributed by atoms with E-state index >= 15 is 0 Å². The summed E-state index contributed by atoms with van der Waals surface area (Å²) in [6.07, 6.45) is 0.157. The summed E-state index contributed by atoms with van der Waals surface area (Å²) >= 11 is 0. The summed E-state index contributed by atoms with van der Waals surface area (Å²) in [6.45, 7) is 3.31. The maximum atomic E-state index is 13.0. The molecule has 1 amide bonds. The molecule has 2 aromatic carbocycles. The Morgan fingerprint density at radius 1 is 1.15 bits per heavy atom. The Kier molecular flexibility index (Phi) is 6.29. The predicted molar refractivity (Wildman–Crippen MR) is 97.6 cm³/mol. The fraction of sp³-hybridized carbons (Fsp3) is 0.222. The lowest BCUT2D eigenvalue weighted by atomic mass is 10.1. The Hall–Kier alpha value is -2.78. The van der Waals surface area contributed by atoms with E-state index in [1.54, 1.807) is 19.9 Å².